The molecule has 0 saturated carbocycles. The van der Waals surface area contributed by atoms with Crippen molar-refractivity contribution in [1.82, 2.24) is 4.31 Å². The molecule has 1 aliphatic heterocycles. The van der Waals surface area contributed by atoms with Gasteiger partial charge in [0.15, 0.2) is 0 Å². The van der Waals surface area contributed by atoms with Crippen molar-refractivity contribution in [3.05, 3.63) is 53.7 Å². The maximum atomic E-state index is 12.6. The van der Waals surface area contributed by atoms with Gasteiger partial charge in [-0.15, -0.1) is 0 Å². The first kappa shape index (κ1) is 16.9. The minimum absolute atomic E-state index is 0.325. The Balaban J connectivity index is 1.68. The minimum Gasteiger partial charge on any atom is -0.270 e. The third kappa shape index (κ3) is 3.76. The van der Waals surface area contributed by atoms with E-state index in [0.717, 1.165) is 25.1 Å². The van der Waals surface area contributed by atoms with E-state index in [9.17, 15) is 8.42 Å². The average molecular weight is 346 g/mol. The highest BCUT2D eigenvalue weighted by Crippen LogP contribution is 2.20. The standard InChI is InChI=1S/C18H23N3O2S/c1-15-7-3-4-8-16(15)13-19-18-10-9-17(14-20-18)24(22,23)21-11-5-2-6-12-21/h3-4,7-10,14H,2,5-6,11-13H2,1H3,(H,19,20)/p+1. The minimum atomic E-state index is -3.38. The van der Waals surface area contributed by atoms with Crippen LogP contribution in [0.3, 0.4) is 0 Å². The van der Waals surface area contributed by atoms with Crippen molar-refractivity contribution in [2.75, 3.05) is 18.4 Å². The van der Waals surface area contributed by atoms with Crippen LogP contribution in [0.5, 0.6) is 0 Å². The first-order valence-corrected chi connectivity index (χ1v) is 9.82. The summed E-state index contributed by atoms with van der Waals surface area (Å²) >= 11 is 0. The van der Waals surface area contributed by atoms with Gasteiger partial charge in [0, 0.05) is 19.2 Å². The zero-order valence-corrected chi connectivity index (χ0v) is 14.8. The van der Waals surface area contributed by atoms with E-state index in [-0.39, 0.29) is 0 Å². The lowest BCUT2D eigenvalue weighted by Crippen LogP contribution is -2.36. The van der Waals surface area contributed by atoms with E-state index in [1.807, 2.05) is 12.1 Å². The molecule has 0 atom stereocenters. The lowest BCUT2D eigenvalue weighted by Gasteiger charge is -2.25. The van der Waals surface area contributed by atoms with Gasteiger partial charge in [0.05, 0.1) is 0 Å². The van der Waals surface area contributed by atoms with Crippen molar-refractivity contribution in [2.45, 2.75) is 37.6 Å². The molecule has 0 amide bonds. The maximum Gasteiger partial charge on any atom is 0.272 e. The molecular formula is C18H24N3O2S+. The summed E-state index contributed by atoms with van der Waals surface area (Å²) in [6.07, 6.45) is 4.57. The fourth-order valence-corrected chi connectivity index (χ4v) is 4.42. The number of rotatable bonds is 5. The van der Waals surface area contributed by atoms with E-state index in [2.05, 4.69) is 29.4 Å². The van der Waals surface area contributed by atoms with Crippen molar-refractivity contribution in [2.24, 2.45) is 0 Å². The van der Waals surface area contributed by atoms with Crippen LogP contribution in [0.15, 0.2) is 47.5 Å². The van der Waals surface area contributed by atoms with Gasteiger partial charge in [-0.05, 0) is 37.0 Å². The normalized spacial score (nSPS) is 16.0. The van der Waals surface area contributed by atoms with E-state index < -0.39 is 10.0 Å². The zero-order chi connectivity index (χ0) is 17.0. The predicted octanol–water partition coefficient (Wildman–Crippen LogP) is 2.60. The Kier molecular flexibility index (Phi) is 5.16. The highest BCUT2D eigenvalue weighted by Gasteiger charge is 2.26. The molecule has 0 bridgehead atoms. The summed E-state index contributed by atoms with van der Waals surface area (Å²) in [6.45, 7) is 4.02. The molecule has 2 aromatic rings. The average Bonchev–Trinajstić information content (AvgIpc) is 2.62. The van der Waals surface area contributed by atoms with Gasteiger partial charge in [0.1, 0.15) is 17.6 Å². The van der Waals surface area contributed by atoms with Crippen LogP contribution >= 0.6 is 0 Å². The number of piperidine rings is 1. The molecule has 0 unspecified atom stereocenters. The molecule has 1 aromatic carbocycles. The Labute approximate surface area is 143 Å². The summed E-state index contributed by atoms with van der Waals surface area (Å²) in [7, 11) is -3.38. The quantitative estimate of drug-likeness (QED) is 0.905. The van der Waals surface area contributed by atoms with Crippen molar-refractivity contribution in [3.8, 4) is 0 Å². The number of nitrogens with zero attached hydrogens (tertiary/aromatic N) is 1. The van der Waals surface area contributed by atoms with Crippen molar-refractivity contribution in [3.63, 3.8) is 0 Å². The monoisotopic (exact) mass is 346 g/mol. The fourth-order valence-electron chi connectivity index (χ4n) is 2.93. The second-order valence-electron chi connectivity index (χ2n) is 6.18. The predicted molar refractivity (Wildman–Crippen MR) is 94.1 cm³/mol. The van der Waals surface area contributed by atoms with Crippen LogP contribution in [0.25, 0.3) is 0 Å². The highest BCUT2D eigenvalue weighted by molar-refractivity contribution is 7.89. The number of nitrogens with one attached hydrogen (secondary N) is 2. The van der Waals surface area contributed by atoms with Crippen LogP contribution in [0, 0.1) is 6.92 Å². The van der Waals surface area contributed by atoms with Gasteiger partial charge in [-0.2, -0.15) is 4.31 Å². The van der Waals surface area contributed by atoms with Crippen LogP contribution < -0.4 is 10.3 Å². The molecule has 1 aliphatic rings. The van der Waals surface area contributed by atoms with Gasteiger partial charge in [-0.1, -0.05) is 30.7 Å². The molecule has 1 saturated heterocycles. The molecule has 1 fully saturated rings. The van der Waals surface area contributed by atoms with E-state index in [1.54, 1.807) is 22.6 Å². The van der Waals surface area contributed by atoms with E-state index in [1.165, 1.54) is 11.1 Å². The van der Waals surface area contributed by atoms with Gasteiger partial charge in [-0.25, -0.2) is 13.4 Å². The second kappa shape index (κ2) is 7.32. The third-order valence-corrected chi connectivity index (χ3v) is 6.36. The van der Waals surface area contributed by atoms with Crippen molar-refractivity contribution < 1.29 is 13.4 Å². The second-order valence-corrected chi connectivity index (χ2v) is 8.12. The Morgan fingerprint density at radius 1 is 1.08 bits per heavy atom. The molecule has 3 rings (SSSR count). The molecule has 2 heterocycles. The number of sulfonamides is 1. The maximum absolute atomic E-state index is 12.6. The summed E-state index contributed by atoms with van der Waals surface area (Å²) in [4.78, 5) is 3.38. The van der Waals surface area contributed by atoms with Crippen LogP contribution in [0.1, 0.15) is 30.4 Å². The highest BCUT2D eigenvalue weighted by atomic mass is 32.2. The Hall–Kier alpha value is -1.92. The van der Waals surface area contributed by atoms with Crippen molar-refractivity contribution in [1.29, 1.82) is 0 Å². The van der Waals surface area contributed by atoms with Gasteiger partial charge in [0.25, 0.3) is 5.82 Å². The number of aryl methyl sites for hydroxylation is 1. The Morgan fingerprint density at radius 2 is 1.83 bits per heavy atom. The number of aromatic nitrogens is 1. The van der Waals surface area contributed by atoms with Gasteiger partial charge < -0.3 is 0 Å². The van der Waals surface area contributed by atoms with Crippen LogP contribution in [0.2, 0.25) is 0 Å². The summed E-state index contributed by atoms with van der Waals surface area (Å²) in [5, 5.41) is 3.30. The molecule has 1 aromatic heterocycles. The number of H-pyrrole nitrogens is 1. The third-order valence-electron chi connectivity index (χ3n) is 4.47. The van der Waals surface area contributed by atoms with Crippen LogP contribution in [-0.2, 0) is 16.6 Å². The first-order chi connectivity index (χ1) is 11.6. The molecule has 2 N–H and O–H groups in total. The molecular weight excluding hydrogens is 322 g/mol. The molecule has 0 aliphatic carbocycles. The number of aromatic amines is 1. The number of hydrogen-bond acceptors (Lipinski definition) is 3. The van der Waals surface area contributed by atoms with Gasteiger partial charge in [0.2, 0.25) is 10.0 Å². The van der Waals surface area contributed by atoms with Crippen molar-refractivity contribution >= 4 is 15.8 Å². The molecule has 128 valence electrons. The van der Waals surface area contributed by atoms with E-state index >= 15 is 0 Å². The summed E-state index contributed by atoms with van der Waals surface area (Å²) < 4.78 is 26.8. The molecule has 0 radical (unpaired) electrons. The zero-order valence-electron chi connectivity index (χ0n) is 14.0. The molecule has 24 heavy (non-hydrogen) atoms. The smallest absolute Gasteiger partial charge is 0.270 e. The van der Waals surface area contributed by atoms with E-state index in [4.69, 9.17) is 0 Å². The molecule has 6 heteroatoms. The Morgan fingerprint density at radius 3 is 2.50 bits per heavy atom. The SMILES string of the molecule is Cc1ccccc1CNc1ccc(S(=O)(=O)N2CCCCC2)c[nH+]1. The summed E-state index contributed by atoms with van der Waals surface area (Å²) in [6, 6.07) is 11.6. The number of benzene rings is 1. The molecule has 0 spiro atoms. The van der Waals surface area contributed by atoms with Gasteiger partial charge in [-0.3, -0.25) is 5.32 Å². The Bertz CT molecular complexity index is 782. The molecule has 5 nitrogen and oxygen atoms in total. The number of anilines is 1. The topological polar surface area (TPSA) is 63.6 Å². The lowest BCUT2D eigenvalue weighted by molar-refractivity contribution is -0.364. The fraction of sp³-hybridized carbons (Fsp3) is 0.389. The first-order valence-electron chi connectivity index (χ1n) is 8.37. The number of hydrogen-bond donors (Lipinski definition) is 1. The lowest BCUT2D eigenvalue weighted by atomic mass is 10.1. The van der Waals surface area contributed by atoms with Gasteiger partial charge >= 0.3 is 0 Å². The number of pyridine rings is 1. The summed E-state index contributed by atoms with van der Waals surface area (Å²) in [5.74, 6) is 0.802. The van der Waals surface area contributed by atoms with Crippen LogP contribution in [-0.4, -0.2) is 25.8 Å². The largest absolute Gasteiger partial charge is 0.272 e. The van der Waals surface area contributed by atoms with Crippen LogP contribution in [0.4, 0.5) is 5.82 Å². The van der Waals surface area contributed by atoms with E-state index in [0.29, 0.717) is 24.5 Å². The summed E-state index contributed by atoms with van der Waals surface area (Å²) in [5.41, 5.74) is 2.45.